The number of piperazine rings is 1. The van der Waals surface area contributed by atoms with Gasteiger partial charge in [-0.3, -0.25) is 0 Å². The molecular formula is C22H22F3N2O6S+. The van der Waals surface area contributed by atoms with Crippen molar-refractivity contribution in [2.24, 2.45) is 0 Å². The van der Waals surface area contributed by atoms with E-state index < -0.39 is 27.8 Å². The molecule has 3 aromatic rings. The first-order valence-corrected chi connectivity index (χ1v) is 11.8. The molecule has 0 amide bonds. The molecule has 2 aromatic carbocycles. The van der Waals surface area contributed by atoms with Gasteiger partial charge >= 0.3 is 12.0 Å². The predicted molar refractivity (Wildman–Crippen MR) is 115 cm³/mol. The smallest absolute Gasteiger partial charge is 0.497 e. The van der Waals surface area contributed by atoms with Crippen molar-refractivity contribution in [1.82, 2.24) is 4.31 Å². The third-order valence-corrected chi connectivity index (χ3v) is 7.52. The van der Waals surface area contributed by atoms with Gasteiger partial charge < -0.3 is 18.8 Å². The van der Waals surface area contributed by atoms with Gasteiger partial charge in [-0.2, -0.15) is 4.31 Å². The molecule has 0 spiro atoms. The Morgan fingerprint density at radius 2 is 1.68 bits per heavy atom. The number of benzene rings is 2. The van der Waals surface area contributed by atoms with Gasteiger partial charge in [-0.15, -0.1) is 13.2 Å². The lowest BCUT2D eigenvalue weighted by molar-refractivity contribution is -0.917. The normalized spacial score (nSPS) is 16.0. The first kappa shape index (κ1) is 24.0. The second-order valence-corrected chi connectivity index (χ2v) is 9.74. The molecule has 0 radical (unpaired) electrons. The highest BCUT2D eigenvalue weighted by molar-refractivity contribution is 7.89. The molecule has 12 heteroatoms. The number of hydrogen-bond donors (Lipinski definition) is 1. The molecule has 1 N–H and O–H groups in total. The van der Waals surface area contributed by atoms with Crippen molar-refractivity contribution >= 4 is 21.0 Å². The molecule has 1 aromatic heterocycles. The average Bonchev–Trinajstić information content (AvgIpc) is 2.78. The van der Waals surface area contributed by atoms with E-state index in [1.807, 2.05) is 6.07 Å². The van der Waals surface area contributed by atoms with Crippen molar-refractivity contribution in [3.63, 3.8) is 0 Å². The fraction of sp³-hybridized carbons (Fsp3) is 0.318. The van der Waals surface area contributed by atoms with Crippen LogP contribution in [0.5, 0.6) is 11.5 Å². The van der Waals surface area contributed by atoms with E-state index in [1.165, 1.54) is 17.5 Å². The summed E-state index contributed by atoms with van der Waals surface area (Å²) in [6, 6.07) is 10.8. The topological polar surface area (TPSA) is 90.5 Å². The number of nitrogens with zero attached hydrogens (tertiary/aromatic N) is 1. The molecule has 1 fully saturated rings. The summed E-state index contributed by atoms with van der Waals surface area (Å²) in [6.07, 6.45) is -4.85. The minimum absolute atomic E-state index is 0.105. The molecule has 4 rings (SSSR count). The lowest BCUT2D eigenvalue weighted by atomic mass is 10.1. The van der Waals surface area contributed by atoms with Gasteiger partial charge in [0.05, 0.1) is 38.2 Å². The van der Waals surface area contributed by atoms with Gasteiger partial charge in [0.25, 0.3) is 0 Å². The van der Waals surface area contributed by atoms with Gasteiger partial charge in [-0.05, 0) is 36.4 Å². The summed E-state index contributed by atoms with van der Waals surface area (Å²) in [5, 5.41) is 0.782. The molecule has 0 bridgehead atoms. The Labute approximate surface area is 193 Å². The van der Waals surface area contributed by atoms with Crippen molar-refractivity contribution in [2.45, 2.75) is 17.8 Å². The quantitative estimate of drug-likeness (QED) is 0.521. The first-order valence-electron chi connectivity index (χ1n) is 10.4. The predicted octanol–water partition coefficient (Wildman–Crippen LogP) is 1.79. The van der Waals surface area contributed by atoms with E-state index >= 15 is 0 Å². The van der Waals surface area contributed by atoms with Gasteiger partial charge in [0, 0.05) is 23.1 Å². The summed E-state index contributed by atoms with van der Waals surface area (Å²) in [5.74, 6) is 0.0786. The summed E-state index contributed by atoms with van der Waals surface area (Å²) in [5.41, 5.74) is 0.732. The van der Waals surface area contributed by atoms with Crippen LogP contribution in [0.2, 0.25) is 0 Å². The Morgan fingerprint density at radius 1 is 1.03 bits per heavy atom. The molecule has 0 atom stereocenters. The highest BCUT2D eigenvalue weighted by Gasteiger charge is 2.33. The molecular weight excluding hydrogens is 477 g/mol. The summed E-state index contributed by atoms with van der Waals surface area (Å²) >= 11 is 0. The van der Waals surface area contributed by atoms with Crippen LogP contribution < -0.4 is 20.0 Å². The Morgan fingerprint density at radius 3 is 2.29 bits per heavy atom. The second kappa shape index (κ2) is 9.28. The van der Waals surface area contributed by atoms with Crippen LogP contribution in [0.15, 0.2) is 62.6 Å². The summed E-state index contributed by atoms with van der Waals surface area (Å²) in [6.45, 7) is 1.95. The van der Waals surface area contributed by atoms with Crippen LogP contribution in [-0.2, 0) is 16.6 Å². The molecule has 1 aliphatic rings. The zero-order chi connectivity index (χ0) is 24.5. The van der Waals surface area contributed by atoms with Crippen LogP contribution in [0, 0.1) is 0 Å². The standard InChI is InChI=1S/C22H21F3N2O6S/c1-31-17-4-7-19-15(12-21(28)32-20(19)13-17)14-26-8-10-27(11-9-26)34(29,30)18-5-2-16(3-6-18)33-22(23,24)25/h2-7,12-13H,8-11,14H2,1H3/p+1. The molecule has 0 saturated carbocycles. The highest BCUT2D eigenvalue weighted by Crippen LogP contribution is 2.25. The minimum atomic E-state index is -4.85. The van der Waals surface area contributed by atoms with Gasteiger partial charge in [0.15, 0.2) is 0 Å². The van der Waals surface area contributed by atoms with Crippen LogP contribution in [0.25, 0.3) is 11.0 Å². The molecule has 1 aliphatic heterocycles. The first-order chi connectivity index (χ1) is 16.0. The van der Waals surface area contributed by atoms with Gasteiger partial charge in [0.1, 0.15) is 23.6 Å². The van der Waals surface area contributed by atoms with E-state index in [4.69, 9.17) is 9.15 Å². The second-order valence-electron chi connectivity index (χ2n) is 7.80. The van der Waals surface area contributed by atoms with Crippen LogP contribution >= 0.6 is 0 Å². The lowest BCUT2D eigenvalue weighted by Gasteiger charge is -2.31. The molecule has 1 saturated heterocycles. The van der Waals surface area contributed by atoms with Crippen molar-refractivity contribution in [3.05, 3.63) is 64.5 Å². The fourth-order valence-electron chi connectivity index (χ4n) is 3.93. The minimum Gasteiger partial charge on any atom is -0.497 e. The number of sulfonamides is 1. The number of rotatable bonds is 6. The monoisotopic (exact) mass is 499 g/mol. The van der Waals surface area contributed by atoms with Crippen LogP contribution in [0.1, 0.15) is 5.56 Å². The summed E-state index contributed by atoms with van der Waals surface area (Å²) < 4.78 is 78.3. The van der Waals surface area contributed by atoms with Gasteiger partial charge in [-0.25, -0.2) is 13.2 Å². The van der Waals surface area contributed by atoms with Crippen LogP contribution in [0.3, 0.4) is 0 Å². The summed E-state index contributed by atoms with van der Waals surface area (Å²) in [7, 11) is -2.34. The van der Waals surface area contributed by atoms with Gasteiger partial charge in [0.2, 0.25) is 10.0 Å². The number of alkyl halides is 3. The summed E-state index contributed by atoms with van der Waals surface area (Å²) in [4.78, 5) is 13.0. The highest BCUT2D eigenvalue weighted by atomic mass is 32.2. The van der Waals surface area contributed by atoms with E-state index in [0.29, 0.717) is 31.0 Å². The maximum absolute atomic E-state index is 12.9. The van der Waals surface area contributed by atoms with E-state index in [-0.39, 0.29) is 18.0 Å². The average molecular weight is 499 g/mol. The zero-order valence-corrected chi connectivity index (χ0v) is 18.9. The largest absolute Gasteiger partial charge is 0.573 e. The number of ether oxygens (including phenoxy) is 2. The molecule has 2 heterocycles. The Bertz CT molecular complexity index is 1330. The van der Waals surface area contributed by atoms with E-state index in [9.17, 15) is 26.4 Å². The van der Waals surface area contributed by atoms with Crippen molar-refractivity contribution in [3.8, 4) is 11.5 Å². The van der Waals surface area contributed by atoms with E-state index in [0.717, 1.165) is 40.1 Å². The van der Waals surface area contributed by atoms with E-state index in [1.54, 1.807) is 12.1 Å². The lowest BCUT2D eigenvalue weighted by Crippen LogP contribution is -3.13. The number of hydrogen-bond acceptors (Lipinski definition) is 6. The SMILES string of the molecule is COc1ccc2c(C[NH+]3CCN(S(=O)(=O)c4ccc(OC(F)(F)F)cc4)CC3)cc(=O)oc2c1. The van der Waals surface area contributed by atoms with Crippen LogP contribution in [0.4, 0.5) is 13.2 Å². The number of fused-ring (bicyclic) bond motifs is 1. The maximum Gasteiger partial charge on any atom is 0.573 e. The molecule has 182 valence electrons. The number of quaternary nitrogens is 1. The Kier molecular flexibility index (Phi) is 6.56. The number of nitrogens with one attached hydrogen (secondary N) is 1. The van der Waals surface area contributed by atoms with Crippen molar-refractivity contribution in [1.29, 1.82) is 0 Å². The number of methoxy groups -OCH3 is 1. The maximum atomic E-state index is 12.9. The molecule has 0 unspecified atom stereocenters. The number of halogens is 3. The Hall–Kier alpha value is -3.09. The third-order valence-electron chi connectivity index (χ3n) is 5.60. The zero-order valence-electron chi connectivity index (χ0n) is 18.1. The van der Waals surface area contributed by atoms with Crippen molar-refractivity contribution < 1.29 is 40.4 Å². The molecule has 0 aliphatic carbocycles. The molecule has 34 heavy (non-hydrogen) atoms. The van der Waals surface area contributed by atoms with E-state index in [2.05, 4.69) is 4.74 Å². The molecule has 8 nitrogen and oxygen atoms in total. The third kappa shape index (κ3) is 5.34. The van der Waals surface area contributed by atoms with Crippen LogP contribution in [-0.4, -0.2) is 52.4 Å². The van der Waals surface area contributed by atoms with Gasteiger partial charge in [-0.1, -0.05) is 0 Å². The Balaban J connectivity index is 1.44. The van der Waals surface area contributed by atoms with Crippen molar-refractivity contribution in [2.75, 3.05) is 33.3 Å². The fourth-order valence-corrected chi connectivity index (χ4v) is 5.38.